The summed E-state index contributed by atoms with van der Waals surface area (Å²) in [6.07, 6.45) is 4.45. The molecular weight excluding hydrogens is 338 g/mol. The van der Waals surface area contributed by atoms with Gasteiger partial charge in [0.25, 0.3) is 0 Å². The molecule has 0 amide bonds. The highest BCUT2D eigenvalue weighted by atomic mass is 16.5. The standard InChI is InChI=1S/C23H29NO3/c1-4-10-22(24-21-12-6-5-7-13-21)27-23(25)20-15-14-18(2)19(17-20)11-8-9-16-26-3/h5-7,12-15,17H,4,8-11,16H2,1-3H3. The monoisotopic (exact) mass is 367 g/mol. The van der Waals surface area contributed by atoms with E-state index in [0.29, 0.717) is 17.9 Å². The predicted octanol–water partition coefficient (Wildman–Crippen LogP) is 5.65. The van der Waals surface area contributed by atoms with Crippen molar-refractivity contribution < 1.29 is 14.3 Å². The van der Waals surface area contributed by atoms with Crippen molar-refractivity contribution in [3.8, 4) is 0 Å². The van der Waals surface area contributed by atoms with E-state index in [0.717, 1.165) is 38.0 Å². The van der Waals surface area contributed by atoms with E-state index < -0.39 is 0 Å². The van der Waals surface area contributed by atoms with Gasteiger partial charge in [0, 0.05) is 20.1 Å². The zero-order valence-corrected chi connectivity index (χ0v) is 16.5. The summed E-state index contributed by atoms with van der Waals surface area (Å²) in [5, 5.41) is 0. The van der Waals surface area contributed by atoms with E-state index in [1.54, 1.807) is 7.11 Å². The van der Waals surface area contributed by atoms with Crippen LogP contribution < -0.4 is 0 Å². The molecule has 0 atom stereocenters. The number of esters is 1. The molecule has 4 heteroatoms. The number of benzene rings is 2. The number of aryl methyl sites for hydroxylation is 2. The number of carbonyl (C=O) groups excluding carboxylic acids is 1. The Kier molecular flexibility index (Phi) is 8.72. The number of rotatable bonds is 9. The van der Waals surface area contributed by atoms with Crippen LogP contribution in [0.15, 0.2) is 53.5 Å². The fraction of sp³-hybridized carbons (Fsp3) is 0.391. The molecule has 2 aromatic rings. The Morgan fingerprint density at radius 2 is 1.85 bits per heavy atom. The third kappa shape index (κ3) is 6.99. The SMILES string of the molecule is CCCC(=Nc1ccccc1)OC(=O)c1ccc(C)c(CCCCOC)c1. The van der Waals surface area contributed by atoms with Crippen molar-refractivity contribution in [3.63, 3.8) is 0 Å². The van der Waals surface area contributed by atoms with Crippen LogP contribution in [0.25, 0.3) is 0 Å². The van der Waals surface area contributed by atoms with Crippen LogP contribution in [0.4, 0.5) is 5.69 Å². The smallest absolute Gasteiger partial charge is 0.344 e. The largest absolute Gasteiger partial charge is 0.408 e. The van der Waals surface area contributed by atoms with Gasteiger partial charge in [-0.25, -0.2) is 9.79 Å². The van der Waals surface area contributed by atoms with E-state index in [2.05, 4.69) is 11.9 Å². The van der Waals surface area contributed by atoms with Crippen molar-refractivity contribution in [1.82, 2.24) is 0 Å². The molecule has 0 unspecified atom stereocenters. The van der Waals surface area contributed by atoms with E-state index in [9.17, 15) is 4.79 Å². The number of para-hydroxylation sites is 1. The van der Waals surface area contributed by atoms with Gasteiger partial charge in [-0.3, -0.25) is 0 Å². The highest BCUT2D eigenvalue weighted by Gasteiger charge is 2.13. The van der Waals surface area contributed by atoms with Crippen LogP contribution in [-0.2, 0) is 15.9 Å². The normalized spacial score (nSPS) is 11.4. The van der Waals surface area contributed by atoms with Crippen molar-refractivity contribution in [1.29, 1.82) is 0 Å². The zero-order valence-electron chi connectivity index (χ0n) is 16.5. The molecule has 0 N–H and O–H groups in total. The molecule has 27 heavy (non-hydrogen) atoms. The minimum atomic E-state index is -0.351. The Balaban J connectivity index is 2.09. The van der Waals surface area contributed by atoms with Crippen molar-refractivity contribution in [3.05, 3.63) is 65.2 Å². The third-order valence-corrected chi connectivity index (χ3v) is 4.31. The summed E-state index contributed by atoms with van der Waals surface area (Å²) in [5.74, 6) is 0.104. The lowest BCUT2D eigenvalue weighted by Crippen LogP contribution is -2.13. The van der Waals surface area contributed by atoms with Crippen molar-refractivity contribution in [2.24, 2.45) is 4.99 Å². The molecule has 0 fully saturated rings. The van der Waals surface area contributed by atoms with Gasteiger partial charge >= 0.3 is 5.97 Å². The first-order valence-corrected chi connectivity index (χ1v) is 9.57. The van der Waals surface area contributed by atoms with E-state index in [-0.39, 0.29) is 5.97 Å². The fourth-order valence-corrected chi connectivity index (χ4v) is 2.79. The lowest BCUT2D eigenvalue weighted by molar-refractivity contribution is 0.0711. The van der Waals surface area contributed by atoms with Gasteiger partial charge in [-0.1, -0.05) is 31.2 Å². The van der Waals surface area contributed by atoms with Crippen molar-refractivity contribution >= 4 is 17.6 Å². The van der Waals surface area contributed by atoms with Gasteiger partial charge in [0.1, 0.15) is 0 Å². The summed E-state index contributed by atoms with van der Waals surface area (Å²) in [7, 11) is 1.72. The van der Waals surface area contributed by atoms with Crippen LogP contribution in [0.3, 0.4) is 0 Å². The predicted molar refractivity (Wildman–Crippen MR) is 110 cm³/mol. The number of nitrogens with zero attached hydrogens (tertiary/aromatic N) is 1. The van der Waals surface area contributed by atoms with Crippen LogP contribution in [0.2, 0.25) is 0 Å². The maximum Gasteiger partial charge on any atom is 0.344 e. The summed E-state index contributed by atoms with van der Waals surface area (Å²) in [5.41, 5.74) is 3.73. The minimum Gasteiger partial charge on any atom is -0.408 e. The average Bonchev–Trinajstić information content (AvgIpc) is 2.67. The number of methoxy groups -OCH3 is 1. The van der Waals surface area contributed by atoms with Crippen LogP contribution >= 0.6 is 0 Å². The second-order valence-electron chi connectivity index (χ2n) is 6.57. The Hall–Kier alpha value is -2.46. The molecule has 0 saturated heterocycles. The quantitative estimate of drug-likeness (QED) is 0.249. The fourth-order valence-electron chi connectivity index (χ4n) is 2.79. The Morgan fingerprint density at radius 1 is 1.07 bits per heavy atom. The third-order valence-electron chi connectivity index (χ3n) is 4.31. The molecule has 2 rings (SSSR count). The maximum atomic E-state index is 12.6. The van der Waals surface area contributed by atoms with Gasteiger partial charge in [-0.2, -0.15) is 0 Å². The molecule has 0 aromatic heterocycles. The molecule has 0 radical (unpaired) electrons. The Labute approximate surface area is 162 Å². The summed E-state index contributed by atoms with van der Waals surface area (Å²) in [6, 6.07) is 15.3. The van der Waals surface area contributed by atoms with E-state index in [1.165, 1.54) is 11.1 Å². The van der Waals surface area contributed by atoms with Crippen LogP contribution in [0.5, 0.6) is 0 Å². The summed E-state index contributed by atoms with van der Waals surface area (Å²) >= 11 is 0. The first-order valence-electron chi connectivity index (χ1n) is 9.57. The number of ether oxygens (including phenoxy) is 2. The molecule has 0 saturated carbocycles. The maximum absolute atomic E-state index is 12.6. The van der Waals surface area contributed by atoms with Gasteiger partial charge in [0.2, 0.25) is 0 Å². The van der Waals surface area contributed by atoms with Crippen LogP contribution in [-0.4, -0.2) is 25.6 Å². The molecule has 0 bridgehead atoms. The first kappa shape index (κ1) is 20.8. The second kappa shape index (κ2) is 11.3. The lowest BCUT2D eigenvalue weighted by atomic mass is 10.00. The molecule has 0 aliphatic rings. The minimum absolute atomic E-state index is 0.351. The number of aliphatic imine (C=N–C) groups is 1. The van der Waals surface area contributed by atoms with Crippen molar-refractivity contribution in [2.45, 2.75) is 46.0 Å². The summed E-state index contributed by atoms with van der Waals surface area (Å²) in [6.45, 7) is 4.87. The van der Waals surface area contributed by atoms with Crippen LogP contribution in [0.1, 0.15) is 54.1 Å². The molecule has 0 spiro atoms. The highest BCUT2D eigenvalue weighted by Crippen LogP contribution is 2.17. The molecule has 2 aromatic carbocycles. The van der Waals surface area contributed by atoms with Gasteiger partial charge in [0.15, 0.2) is 5.90 Å². The van der Waals surface area contributed by atoms with E-state index >= 15 is 0 Å². The second-order valence-corrected chi connectivity index (χ2v) is 6.57. The summed E-state index contributed by atoms with van der Waals surface area (Å²) in [4.78, 5) is 17.1. The molecular formula is C23H29NO3. The number of hydrogen-bond donors (Lipinski definition) is 0. The number of carbonyl (C=O) groups is 1. The number of unbranched alkanes of at least 4 members (excludes halogenated alkanes) is 1. The van der Waals surface area contributed by atoms with E-state index in [1.807, 2.05) is 55.5 Å². The number of hydrogen-bond acceptors (Lipinski definition) is 4. The first-order chi connectivity index (χ1) is 13.1. The Morgan fingerprint density at radius 3 is 2.56 bits per heavy atom. The molecule has 144 valence electrons. The average molecular weight is 367 g/mol. The highest BCUT2D eigenvalue weighted by molar-refractivity contribution is 5.99. The zero-order chi connectivity index (χ0) is 19.5. The molecule has 0 heterocycles. The lowest BCUT2D eigenvalue weighted by Gasteiger charge is -2.10. The summed E-state index contributed by atoms with van der Waals surface area (Å²) < 4.78 is 10.7. The van der Waals surface area contributed by atoms with Gasteiger partial charge in [-0.15, -0.1) is 0 Å². The van der Waals surface area contributed by atoms with Gasteiger partial charge < -0.3 is 9.47 Å². The van der Waals surface area contributed by atoms with Crippen molar-refractivity contribution in [2.75, 3.05) is 13.7 Å². The van der Waals surface area contributed by atoms with E-state index in [4.69, 9.17) is 9.47 Å². The molecule has 0 aliphatic heterocycles. The Bertz CT molecular complexity index is 753. The topological polar surface area (TPSA) is 47.9 Å². The van der Waals surface area contributed by atoms with Gasteiger partial charge in [0.05, 0.1) is 11.3 Å². The van der Waals surface area contributed by atoms with Gasteiger partial charge in [-0.05, 0) is 68.0 Å². The molecule has 0 aliphatic carbocycles. The molecule has 4 nitrogen and oxygen atoms in total. The van der Waals surface area contributed by atoms with Crippen LogP contribution in [0, 0.1) is 6.92 Å².